The average Bonchev–Trinajstić information content (AvgIpc) is 2.36. The maximum Gasteiger partial charge on any atom is 0.333 e. The number of ether oxygens (including phenoxy) is 1. The number of hydrogen-bond acceptors (Lipinski definition) is 3. The quantitative estimate of drug-likeness (QED) is 0.665. The standard InChI is InChI=1S/C13H14ClF2NO2/c1-3-8(13(18)19-2)4-5-17-12-10(14)6-9(15)7-11(12)16/h4,6-7,17H,3,5H2,1-2H3. The summed E-state index contributed by atoms with van der Waals surface area (Å²) in [7, 11) is 1.29. The molecule has 104 valence electrons. The zero-order valence-electron chi connectivity index (χ0n) is 10.6. The second kappa shape index (κ2) is 7.09. The molecule has 0 spiro atoms. The first-order chi connectivity index (χ1) is 8.99. The van der Waals surface area contributed by atoms with Gasteiger partial charge in [0, 0.05) is 18.2 Å². The van der Waals surface area contributed by atoms with E-state index >= 15 is 0 Å². The van der Waals surface area contributed by atoms with E-state index in [2.05, 4.69) is 10.1 Å². The Balaban J connectivity index is 2.77. The van der Waals surface area contributed by atoms with Crippen molar-refractivity contribution in [3.05, 3.63) is 40.4 Å². The molecule has 0 heterocycles. The van der Waals surface area contributed by atoms with E-state index in [1.807, 2.05) is 0 Å². The number of benzene rings is 1. The van der Waals surface area contributed by atoms with Gasteiger partial charge in [-0.1, -0.05) is 24.6 Å². The summed E-state index contributed by atoms with van der Waals surface area (Å²) < 4.78 is 30.9. The predicted octanol–water partition coefficient (Wildman–Crippen LogP) is 3.54. The summed E-state index contributed by atoms with van der Waals surface area (Å²) in [5, 5.41) is 2.64. The predicted molar refractivity (Wildman–Crippen MR) is 70.2 cm³/mol. The zero-order chi connectivity index (χ0) is 14.4. The fraction of sp³-hybridized carbons (Fsp3) is 0.308. The Kier molecular flexibility index (Phi) is 5.76. The lowest BCUT2D eigenvalue weighted by molar-refractivity contribution is -0.136. The number of hydrogen-bond donors (Lipinski definition) is 1. The summed E-state index contributed by atoms with van der Waals surface area (Å²) in [5.41, 5.74) is 0.466. The number of nitrogens with one attached hydrogen (secondary N) is 1. The van der Waals surface area contributed by atoms with Crippen molar-refractivity contribution in [2.24, 2.45) is 0 Å². The lowest BCUT2D eigenvalue weighted by Gasteiger charge is -2.08. The van der Waals surface area contributed by atoms with E-state index in [9.17, 15) is 13.6 Å². The van der Waals surface area contributed by atoms with Crippen LogP contribution in [-0.2, 0) is 9.53 Å². The van der Waals surface area contributed by atoms with Crippen molar-refractivity contribution < 1.29 is 18.3 Å². The minimum atomic E-state index is -0.783. The third-order valence-electron chi connectivity index (χ3n) is 2.46. The van der Waals surface area contributed by atoms with E-state index in [-0.39, 0.29) is 17.3 Å². The van der Waals surface area contributed by atoms with Crippen LogP contribution >= 0.6 is 11.6 Å². The molecule has 3 nitrogen and oxygen atoms in total. The first-order valence-electron chi connectivity index (χ1n) is 5.65. The molecule has 0 aromatic heterocycles. The zero-order valence-corrected chi connectivity index (χ0v) is 11.4. The van der Waals surface area contributed by atoms with Crippen molar-refractivity contribution in [3.8, 4) is 0 Å². The number of carbonyl (C=O) groups is 1. The van der Waals surface area contributed by atoms with Gasteiger partial charge < -0.3 is 10.1 Å². The Hall–Kier alpha value is -1.62. The fourth-order valence-electron chi connectivity index (χ4n) is 1.49. The van der Waals surface area contributed by atoms with Gasteiger partial charge in [0.05, 0.1) is 17.8 Å². The Labute approximate surface area is 115 Å². The van der Waals surface area contributed by atoms with Crippen molar-refractivity contribution in [1.29, 1.82) is 0 Å². The SMILES string of the molecule is CCC(=CCNc1c(F)cc(F)cc1Cl)C(=O)OC. The first kappa shape index (κ1) is 15.4. The number of anilines is 1. The van der Waals surface area contributed by atoms with Gasteiger partial charge in [0.25, 0.3) is 0 Å². The summed E-state index contributed by atoms with van der Waals surface area (Å²) >= 11 is 5.72. The molecule has 0 saturated heterocycles. The summed E-state index contributed by atoms with van der Waals surface area (Å²) in [6, 6.07) is 1.75. The molecule has 0 unspecified atom stereocenters. The normalized spacial score (nSPS) is 11.3. The number of carbonyl (C=O) groups excluding carboxylic acids is 1. The average molecular weight is 290 g/mol. The molecular weight excluding hydrogens is 276 g/mol. The van der Waals surface area contributed by atoms with Gasteiger partial charge in [0.2, 0.25) is 0 Å². The Morgan fingerprint density at radius 1 is 1.47 bits per heavy atom. The Morgan fingerprint density at radius 2 is 2.16 bits per heavy atom. The molecule has 19 heavy (non-hydrogen) atoms. The van der Waals surface area contributed by atoms with Gasteiger partial charge in [-0.3, -0.25) is 0 Å². The molecule has 1 aromatic carbocycles. The summed E-state index contributed by atoms with van der Waals surface area (Å²) in [6.07, 6.45) is 2.07. The summed E-state index contributed by atoms with van der Waals surface area (Å²) in [5.74, 6) is -1.96. The maximum atomic E-state index is 13.4. The van der Waals surface area contributed by atoms with Gasteiger partial charge in [-0.15, -0.1) is 0 Å². The van der Waals surface area contributed by atoms with E-state index in [4.69, 9.17) is 11.6 Å². The molecule has 1 N–H and O–H groups in total. The Bertz CT molecular complexity index is 480. The molecule has 0 aliphatic heterocycles. The van der Waals surface area contributed by atoms with Crippen LogP contribution in [0.25, 0.3) is 0 Å². The van der Waals surface area contributed by atoms with Gasteiger partial charge in [0.15, 0.2) is 5.82 Å². The van der Waals surface area contributed by atoms with E-state index in [1.165, 1.54) is 7.11 Å². The van der Waals surface area contributed by atoms with E-state index in [0.717, 1.165) is 12.1 Å². The Morgan fingerprint density at radius 3 is 2.68 bits per heavy atom. The molecule has 0 aliphatic carbocycles. The van der Waals surface area contributed by atoms with Crippen LogP contribution in [0.1, 0.15) is 13.3 Å². The van der Waals surface area contributed by atoms with E-state index in [1.54, 1.807) is 13.0 Å². The number of esters is 1. The molecule has 6 heteroatoms. The van der Waals surface area contributed by atoms with Crippen molar-refractivity contribution in [1.82, 2.24) is 0 Å². The van der Waals surface area contributed by atoms with Gasteiger partial charge >= 0.3 is 5.97 Å². The monoisotopic (exact) mass is 289 g/mol. The third-order valence-corrected chi connectivity index (χ3v) is 2.76. The fourth-order valence-corrected chi connectivity index (χ4v) is 1.75. The van der Waals surface area contributed by atoms with Gasteiger partial charge in [-0.2, -0.15) is 0 Å². The minimum Gasteiger partial charge on any atom is -0.466 e. The molecule has 1 aromatic rings. The molecule has 0 radical (unpaired) electrons. The number of halogens is 3. The lowest BCUT2D eigenvalue weighted by atomic mass is 10.2. The van der Waals surface area contributed by atoms with E-state index in [0.29, 0.717) is 12.0 Å². The van der Waals surface area contributed by atoms with Gasteiger partial charge in [-0.25, -0.2) is 13.6 Å². The molecule has 0 atom stereocenters. The van der Waals surface area contributed by atoms with Gasteiger partial charge in [-0.05, 0) is 12.5 Å². The van der Waals surface area contributed by atoms with Crippen molar-refractivity contribution in [2.45, 2.75) is 13.3 Å². The van der Waals surface area contributed by atoms with Crippen LogP contribution in [0.2, 0.25) is 5.02 Å². The summed E-state index contributed by atoms with van der Waals surface area (Å²) in [4.78, 5) is 11.3. The lowest BCUT2D eigenvalue weighted by Crippen LogP contribution is -2.08. The van der Waals surface area contributed by atoms with E-state index < -0.39 is 17.6 Å². The van der Waals surface area contributed by atoms with Crippen LogP contribution in [0.5, 0.6) is 0 Å². The highest BCUT2D eigenvalue weighted by Gasteiger charge is 2.10. The van der Waals surface area contributed by atoms with Crippen molar-refractivity contribution >= 4 is 23.3 Å². The molecular formula is C13H14ClF2NO2. The highest BCUT2D eigenvalue weighted by atomic mass is 35.5. The van der Waals surface area contributed by atoms with Crippen LogP contribution in [0.3, 0.4) is 0 Å². The molecule has 0 amide bonds. The maximum absolute atomic E-state index is 13.4. The summed E-state index contributed by atoms with van der Waals surface area (Å²) in [6.45, 7) is 1.98. The van der Waals surface area contributed by atoms with Gasteiger partial charge in [0.1, 0.15) is 5.82 Å². The second-order valence-corrected chi connectivity index (χ2v) is 4.11. The molecule has 0 aliphatic rings. The molecule has 0 saturated carbocycles. The largest absolute Gasteiger partial charge is 0.466 e. The molecule has 0 fully saturated rings. The minimum absolute atomic E-state index is 0.000337. The van der Waals surface area contributed by atoms with Crippen LogP contribution < -0.4 is 5.32 Å². The first-order valence-corrected chi connectivity index (χ1v) is 6.03. The van der Waals surface area contributed by atoms with Crippen LogP contribution in [-0.4, -0.2) is 19.6 Å². The number of methoxy groups -OCH3 is 1. The molecule has 1 rings (SSSR count). The van der Waals surface area contributed by atoms with Crippen molar-refractivity contribution in [2.75, 3.05) is 19.0 Å². The number of rotatable bonds is 5. The van der Waals surface area contributed by atoms with Crippen LogP contribution in [0.15, 0.2) is 23.8 Å². The topological polar surface area (TPSA) is 38.3 Å². The van der Waals surface area contributed by atoms with Crippen LogP contribution in [0.4, 0.5) is 14.5 Å². The highest BCUT2D eigenvalue weighted by molar-refractivity contribution is 6.33. The third kappa shape index (κ3) is 4.21. The smallest absolute Gasteiger partial charge is 0.333 e. The molecule has 0 bridgehead atoms. The van der Waals surface area contributed by atoms with Crippen molar-refractivity contribution in [3.63, 3.8) is 0 Å². The second-order valence-electron chi connectivity index (χ2n) is 3.70. The van der Waals surface area contributed by atoms with Crippen LogP contribution in [0, 0.1) is 11.6 Å². The highest BCUT2D eigenvalue weighted by Crippen LogP contribution is 2.26.